The molecule has 0 aromatic heterocycles. The monoisotopic (exact) mass is 340 g/mol. The average molecular weight is 340 g/mol. The van der Waals surface area contributed by atoms with E-state index >= 15 is 0 Å². The van der Waals surface area contributed by atoms with Gasteiger partial charge in [-0.1, -0.05) is 12.1 Å². The van der Waals surface area contributed by atoms with Gasteiger partial charge in [0, 0.05) is 11.3 Å². The molecular weight excluding hydrogens is 320 g/mol. The first-order valence-electron chi connectivity index (χ1n) is 7.92. The van der Waals surface area contributed by atoms with Gasteiger partial charge in [-0.3, -0.25) is 9.59 Å². The number of carbonyl (C=O) groups is 3. The van der Waals surface area contributed by atoms with E-state index in [1.54, 1.807) is 55.5 Å². The minimum absolute atomic E-state index is 0.0140. The lowest BCUT2D eigenvalue weighted by Gasteiger charge is -2.11. The third kappa shape index (κ3) is 5.17. The molecule has 0 saturated carbocycles. The molecule has 6 nitrogen and oxygen atoms in total. The molecule has 1 amide bonds. The van der Waals surface area contributed by atoms with Crippen molar-refractivity contribution in [3.8, 4) is 0 Å². The molecule has 25 heavy (non-hydrogen) atoms. The Morgan fingerprint density at radius 2 is 1.68 bits per heavy atom. The Kier molecular flexibility index (Phi) is 6.28. The standard InChI is InChI=1S/C19H20N2O4/c1-3-25-19(24)16-6-4-5-7-17(16)21-18(23)12-20-15-10-8-14(9-11-15)13(2)22/h4-11,20H,3,12H2,1-2H3,(H,21,23). The van der Waals surface area contributed by atoms with Crippen LogP contribution in [0.5, 0.6) is 0 Å². The van der Waals surface area contributed by atoms with Crippen LogP contribution in [-0.2, 0) is 9.53 Å². The van der Waals surface area contributed by atoms with Crippen LogP contribution in [0.1, 0.15) is 34.6 Å². The molecule has 0 fully saturated rings. The number of anilines is 2. The second kappa shape index (κ2) is 8.63. The lowest BCUT2D eigenvalue weighted by molar-refractivity contribution is -0.114. The number of benzene rings is 2. The Morgan fingerprint density at radius 1 is 1.00 bits per heavy atom. The summed E-state index contributed by atoms with van der Waals surface area (Å²) in [6.45, 7) is 3.51. The number of nitrogens with one attached hydrogen (secondary N) is 2. The Balaban J connectivity index is 1.96. The Hall–Kier alpha value is -3.15. The number of para-hydroxylation sites is 1. The molecular formula is C19H20N2O4. The Labute approximate surface area is 146 Å². The second-order valence-corrected chi connectivity index (χ2v) is 5.30. The first-order valence-corrected chi connectivity index (χ1v) is 7.92. The topological polar surface area (TPSA) is 84.5 Å². The third-order valence-electron chi connectivity index (χ3n) is 3.44. The van der Waals surface area contributed by atoms with Crippen LogP contribution in [0.15, 0.2) is 48.5 Å². The minimum atomic E-state index is -0.480. The van der Waals surface area contributed by atoms with Crippen molar-refractivity contribution in [1.82, 2.24) is 0 Å². The van der Waals surface area contributed by atoms with Crippen molar-refractivity contribution in [3.63, 3.8) is 0 Å². The third-order valence-corrected chi connectivity index (χ3v) is 3.44. The van der Waals surface area contributed by atoms with E-state index in [0.29, 0.717) is 16.8 Å². The molecule has 0 unspecified atom stereocenters. The van der Waals surface area contributed by atoms with Gasteiger partial charge in [0.2, 0.25) is 5.91 Å². The predicted octanol–water partition coefficient (Wildman–Crippen LogP) is 3.12. The summed E-state index contributed by atoms with van der Waals surface area (Å²) < 4.78 is 4.98. The first-order chi connectivity index (χ1) is 12.0. The summed E-state index contributed by atoms with van der Waals surface area (Å²) in [6.07, 6.45) is 0. The maximum Gasteiger partial charge on any atom is 0.340 e. The highest BCUT2D eigenvalue weighted by atomic mass is 16.5. The van der Waals surface area contributed by atoms with E-state index in [9.17, 15) is 14.4 Å². The van der Waals surface area contributed by atoms with Gasteiger partial charge in [0.1, 0.15) is 0 Å². The maximum atomic E-state index is 12.1. The largest absolute Gasteiger partial charge is 0.462 e. The van der Waals surface area contributed by atoms with Crippen molar-refractivity contribution in [2.45, 2.75) is 13.8 Å². The quantitative estimate of drug-likeness (QED) is 0.597. The molecule has 2 rings (SSSR count). The molecule has 0 aliphatic carbocycles. The number of hydrogen-bond acceptors (Lipinski definition) is 5. The molecule has 0 aliphatic heterocycles. The fourth-order valence-corrected chi connectivity index (χ4v) is 2.18. The van der Waals surface area contributed by atoms with Crippen molar-refractivity contribution in [1.29, 1.82) is 0 Å². The SMILES string of the molecule is CCOC(=O)c1ccccc1NC(=O)CNc1ccc(C(C)=O)cc1. The first kappa shape index (κ1) is 18.2. The lowest BCUT2D eigenvalue weighted by atomic mass is 10.1. The van der Waals surface area contributed by atoms with Crippen LogP contribution in [0, 0.1) is 0 Å². The zero-order chi connectivity index (χ0) is 18.2. The molecule has 2 aromatic carbocycles. The predicted molar refractivity (Wildman–Crippen MR) is 96.0 cm³/mol. The normalized spacial score (nSPS) is 10.0. The average Bonchev–Trinajstić information content (AvgIpc) is 2.61. The van der Waals surface area contributed by atoms with Gasteiger partial charge in [0.25, 0.3) is 0 Å². The molecule has 0 spiro atoms. The molecule has 6 heteroatoms. The number of amides is 1. The van der Waals surface area contributed by atoms with E-state index in [1.165, 1.54) is 6.92 Å². The maximum absolute atomic E-state index is 12.1. The van der Waals surface area contributed by atoms with E-state index in [-0.39, 0.29) is 24.8 Å². The molecule has 0 bridgehead atoms. The van der Waals surface area contributed by atoms with Crippen LogP contribution in [0.2, 0.25) is 0 Å². The number of ether oxygens (including phenoxy) is 1. The van der Waals surface area contributed by atoms with Gasteiger partial charge in [0.15, 0.2) is 5.78 Å². The van der Waals surface area contributed by atoms with Gasteiger partial charge < -0.3 is 15.4 Å². The van der Waals surface area contributed by atoms with E-state index in [1.807, 2.05) is 0 Å². The summed E-state index contributed by atoms with van der Waals surface area (Å²) in [5, 5.41) is 5.66. The summed E-state index contributed by atoms with van der Waals surface area (Å²) >= 11 is 0. The highest BCUT2D eigenvalue weighted by Gasteiger charge is 2.13. The zero-order valence-electron chi connectivity index (χ0n) is 14.2. The second-order valence-electron chi connectivity index (χ2n) is 5.30. The molecule has 0 aliphatic rings. The van der Waals surface area contributed by atoms with Gasteiger partial charge in [-0.2, -0.15) is 0 Å². The Bertz CT molecular complexity index is 769. The van der Waals surface area contributed by atoms with Gasteiger partial charge >= 0.3 is 5.97 Å². The molecule has 0 radical (unpaired) electrons. The fraction of sp³-hybridized carbons (Fsp3) is 0.211. The molecule has 0 saturated heterocycles. The highest BCUT2D eigenvalue weighted by Crippen LogP contribution is 2.16. The number of esters is 1. The number of carbonyl (C=O) groups excluding carboxylic acids is 3. The molecule has 0 heterocycles. The van der Waals surface area contributed by atoms with E-state index in [2.05, 4.69) is 10.6 Å². The van der Waals surface area contributed by atoms with Crippen molar-refractivity contribution in [2.24, 2.45) is 0 Å². The Morgan fingerprint density at radius 3 is 2.32 bits per heavy atom. The van der Waals surface area contributed by atoms with E-state index in [0.717, 1.165) is 5.69 Å². The smallest absolute Gasteiger partial charge is 0.340 e. The number of rotatable bonds is 7. The van der Waals surface area contributed by atoms with Gasteiger partial charge in [-0.05, 0) is 50.2 Å². The van der Waals surface area contributed by atoms with Crippen LogP contribution in [-0.4, -0.2) is 30.8 Å². The summed E-state index contributed by atoms with van der Waals surface area (Å²) in [5.74, 6) is -0.793. The van der Waals surface area contributed by atoms with Crippen LogP contribution < -0.4 is 10.6 Å². The van der Waals surface area contributed by atoms with E-state index < -0.39 is 5.97 Å². The van der Waals surface area contributed by atoms with Crippen molar-refractivity contribution < 1.29 is 19.1 Å². The summed E-state index contributed by atoms with van der Waals surface area (Å²) in [4.78, 5) is 35.2. The molecule has 2 aromatic rings. The molecule has 2 N–H and O–H groups in total. The molecule has 130 valence electrons. The number of Topliss-reactive ketones (excluding diaryl/α,β-unsaturated/α-hetero) is 1. The van der Waals surface area contributed by atoms with Crippen LogP contribution >= 0.6 is 0 Å². The van der Waals surface area contributed by atoms with Crippen LogP contribution in [0.4, 0.5) is 11.4 Å². The summed E-state index contributed by atoms with van der Waals surface area (Å²) in [6, 6.07) is 13.5. The zero-order valence-corrected chi connectivity index (χ0v) is 14.2. The van der Waals surface area contributed by atoms with Gasteiger partial charge in [-0.25, -0.2) is 4.79 Å². The number of hydrogen-bond donors (Lipinski definition) is 2. The number of ketones is 1. The highest BCUT2D eigenvalue weighted by molar-refractivity contribution is 6.02. The summed E-state index contributed by atoms with van der Waals surface area (Å²) in [7, 11) is 0. The van der Waals surface area contributed by atoms with Crippen LogP contribution in [0.25, 0.3) is 0 Å². The van der Waals surface area contributed by atoms with Crippen molar-refractivity contribution in [3.05, 3.63) is 59.7 Å². The van der Waals surface area contributed by atoms with E-state index in [4.69, 9.17) is 4.74 Å². The van der Waals surface area contributed by atoms with Crippen molar-refractivity contribution >= 4 is 29.0 Å². The fourth-order valence-electron chi connectivity index (χ4n) is 2.18. The minimum Gasteiger partial charge on any atom is -0.462 e. The molecule has 0 atom stereocenters. The lowest BCUT2D eigenvalue weighted by Crippen LogP contribution is -2.23. The van der Waals surface area contributed by atoms with Gasteiger partial charge in [-0.15, -0.1) is 0 Å². The summed E-state index contributed by atoms with van der Waals surface area (Å²) in [5.41, 5.74) is 2.04. The van der Waals surface area contributed by atoms with Gasteiger partial charge in [0.05, 0.1) is 24.4 Å². The van der Waals surface area contributed by atoms with Crippen LogP contribution in [0.3, 0.4) is 0 Å². The van der Waals surface area contributed by atoms with Crippen molar-refractivity contribution in [2.75, 3.05) is 23.8 Å².